The van der Waals surface area contributed by atoms with Crippen molar-refractivity contribution in [2.24, 2.45) is 0 Å². The molecule has 6 nitrogen and oxygen atoms in total. The fourth-order valence-electron chi connectivity index (χ4n) is 1.74. The van der Waals surface area contributed by atoms with Crippen molar-refractivity contribution in [1.29, 1.82) is 0 Å². The predicted octanol–water partition coefficient (Wildman–Crippen LogP) is -0.0705. The zero-order valence-corrected chi connectivity index (χ0v) is 12.2. The Balaban J connectivity index is 2.70. The van der Waals surface area contributed by atoms with Crippen LogP contribution in [0.2, 0.25) is 0 Å². The molecule has 19 heavy (non-hydrogen) atoms. The van der Waals surface area contributed by atoms with E-state index in [2.05, 4.69) is 13.2 Å². The molecule has 1 rings (SSSR count). The molecule has 110 valence electrons. The molecule has 0 aromatic rings. The van der Waals surface area contributed by atoms with Crippen LogP contribution < -0.4 is 0 Å². The van der Waals surface area contributed by atoms with Crippen molar-refractivity contribution in [3.8, 4) is 0 Å². The SMILES string of the molecule is C=CCS(=O)(=O)CC1OCOC1CS(=O)(=O)CC=C. The van der Waals surface area contributed by atoms with E-state index < -0.39 is 31.9 Å². The Bertz CT molecular complexity index is 471. The maximum absolute atomic E-state index is 11.7. The van der Waals surface area contributed by atoms with Crippen molar-refractivity contribution < 1.29 is 26.3 Å². The van der Waals surface area contributed by atoms with Crippen LogP contribution in [-0.4, -0.2) is 58.8 Å². The van der Waals surface area contributed by atoms with Gasteiger partial charge < -0.3 is 9.47 Å². The second-order valence-electron chi connectivity index (χ2n) is 4.26. The highest BCUT2D eigenvalue weighted by Gasteiger charge is 2.35. The van der Waals surface area contributed by atoms with E-state index in [9.17, 15) is 16.8 Å². The van der Waals surface area contributed by atoms with Crippen LogP contribution in [0.5, 0.6) is 0 Å². The molecule has 0 saturated carbocycles. The fraction of sp³-hybridized carbons (Fsp3) is 0.636. The molecule has 0 spiro atoms. The summed E-state index contributed by atoms with van der Waals surface area (Å²) in [6.45, 7) is 6.64. The van der Waals surface area contributed by atoms with Crippen molar-refractivity contribution in [2.75, 3.05) is 29.8 Å². The fourth-order valence-corrected chi connectivity index (χ4v) is 4.35. The summed E-state index contributed by atoms with van der Waals surface area (Å²) in [4.78, 5) is 0. The minimum Gasteiger partial charge on any atom is -0.348 e. The van der Waals surface area contributed by atoms with Crippen molar-refractivity contribution in [3.63, 3.8) is 0 Å². The molecule has 1 fully saturated rings. The summed E-state index contributed by atoms with van der Waals surface area (Å²) in [5.41, 5.74) is 0. The molecule has 2 atom stereocenters. The minimum absolute atomic E-state index is 0.0947. The Kier molecular flexibility index (Phi) is 5.72. The predicted molar refractivity (Wildman–Crippen MR) is 72.3 cm³/mol. The second kappa shape index (κ2) is 6.65. The molecule has 0 bridgehead atoms. The summed E-state index contributed by atoms with van der Waals surface area (Å²) in [5, 5.41) is 0. The third-order valence-corrected chi connectivity index (χ3v) is 5.72. The van der Waals surface area contributed by atoms with Gasteiger partial charge >= 0.3 is 0 Å². The van der Waals surface area contributed by atoms with Crippen molar-refractivity contribution in [3.05, 3.63) is 25.3 Å². The first-order chi connectivity index (χ1) is 8.79. The van der Waals surface area contributed by atoms with Crippen molar-refractivity contribution in [2.45, 2.75) is 12.2 Å². The molecule has 1 heterocycles. The molecule has 1 saturated heterocycles. The van der Waals surface area contributed by atoms with Crippen LogP contribution in [0.25, 0.3) is 0 Å². The number of ether oxygens (including phenoxy) is 2. The normalized spacial score (nSPS) is 24.2. The topological polar surface area (TPSA) is 86.7 Å². The second-order valence-corrected chi connectivity index (χ2v) is 8.57. The maximum Gasteiger partial charge on any atom is 0.156 e. The van der Waals surface area contributed by atoms with E-state index in [0.29, 0.717) is 0 Å². The Morgan fingerprint density at radius 2 is 1.26 bits per heavy atom. The lowest BCUT2D eigenvalue weighted by molar-refractivity contribution is 0.0440. The quantitative estimate of drug-likeness (QED) is 0.583. The van der Waals surface area contributed by atoms with E-state index in [4.69, 9.17) is 9.47 Å². The molecule has 0 aromatic carbocycles. The molecule has 8 heteroatoms. The molecule has 1 aliphatic rings. The van der Waals surface area contributed by atoms with Gasteiger partial charge in [0.15, 0.2) is 19.7 Å². The van der Waals surface area contributed by atoms with E-state index >= 15 is 0 Å². The van der Waals surface area contributed by atoms with Crippen LogP contribution in [0.15, 0.2) is 25.3 Å². The van der Waals surface area contributed by atoms with Gasteiger partial charge in [-0.05, 0) is 0 Å². The highest BCUT2D eigenvalue weighted by molar-refractivity contribution is 7.92. The van der Waals surface area contributed by atoms with Crippen LogP contribution in [0.1, 0.15) is 0 Å². The van der Waals surface area contributed by atoms with Gasteiger partial charge in [-0.15, -0.1) is 13.2 Å². The van der Waals surface area contributed by atoms with Crippen LogP contribution in [0.3, 0.4) is 0 Å². The zero-order valence-electron chi connectivity index (χ0n) is 10.5. The molecule has 2 unspecified atom stereocenters. The molecule has 1 aliphatic heterocycles. The van der Waals surface area contributed by atoms with Gasteiger partial charge in [-0.25, -0.2) is 16.8 Å². The number of hydrogen-bond acceptors (Lipinski definition) is 6. The maximum atomic E-state index is 11.7. The highest BCUT2D eigenvalue weighted by Crippen LogP contribution is 2.17. The lowest BCUT2D eigenvalue weighted by Crippen LogP contribution is -2.36. The summed E-state index contributed by atoms with van der Waals surface area (Å²) >= 11 is 0. The monoisotopic (exact) mass is 310 g/mol. The summed E-state index contributed by atoms with van der Waals surface area (Å²) in [7, 11) is -6.71. The summed E-state index contributed by atoms with van der Waals surface area (Å²) in [6, 6.07) is 0. The largest absolute Gasteiger partial charge is 0.348 e. The smallest absolute Gasteiger partial charge is 0.156 e. The summed E-state index contributed by atoms with van der Waals surface area (Å²) in [5.74, 6) is -0.876. The lowest BCUT2D eigenvalue weighted by Gasteiger charge is -2.16. The number of hydrogen-bond donors (Lipinski definition) is 0. The molecule has 0 aliphatic carbocycles. The molecule has 0 aromatic heterocycles. The van der Waals surface area contributed by atoms with Crippen molar-refractivity contribution >= 4 is 19.7 Å². The molecule has 0 radical (unpaired) electrons. The number of sulfone groups is 2. The van der Waals surface area contributed by atoms with E-state index in [1.165, 1.54) is 12.2 Å². The van der Waals surface area contributed by atoms with Gasteiger partial charge in [0.2, 0.25) is 0 Å². The number of rotatable bonds is 8. The first-order valence-electron chi connectivity index (χ1n) is 5.65. The van der Waals surface area contributed by atoms with E-state index in [1.807, 2.05) is 0 Å². The van der Waals surface area contributed by atoms with E-state index in [0.717, 1.165) is 0 Å². The van der Waals surface area contributed by atoms with Gasteiger partial charge in [0.25, 0.3) is 0 Å². The van der Waals surface area contributed by atoms with Gasteiger partial charge in [-0.1, -0.05) is 12.2 Å². The van der Waals surface area contributed by atoms with E-state index in [-0.39, 0.29) is 29.8 Å². The van der Waals surface area contributed by atoms with Gasteiger partial charge in [0, 0.05) is 0 Å². The Morgan fingerprint density at radius 1 is 0.895 bits per heavy atom. The average molecular weight is 310 g/mol. The Morgan fingerprint density at radius 3 is 1.58 bits per heavy atom. The molecule has 0 amide bonds. The van der Waals surface area contributed by atoms with Crippen LogP contribution in [0.4, 0.5) is 0 Å². The molecular formula is C11H18O6S2. The summed E-state index contributed by atoms with van der Waals surface area (Å²) in [6.07, 6.45) is 1.05. The average Bonchev–Trinajstić information content (AvgIpc) is 2.63. The molecular weight excluding hydrogens is 292 g/mol. The van der Waals surface area contributed by atoms with Gasteiger partial charge in [-0.2, -0.15) is 0 Å². The Hall–Kier alpha value is -0.700. The minimum atomic E-state index is -3.35. The van der Waals surface area contributed by atoms with Crippen LogP contribution >= 0.6 is 0 Å². The first kappa shape index (κ1) is 16.4. The third-order valence-electron chi connectivity index (χ3n) is 2.56. The zero-order chi connectivity index (χ0) is 14.5. The Labute approximate surface area is 113 Å². The van der Waals surface area contributed by atoms with E-state index in [1.54, 1.807) is 0 Å². The van der Waals surface area contributed by atoms with Crippen LogP contribution in [-0.2, 0) is 29.1 Å². The van der Waals surface area contributed by atoms with Crippen LogP contribution in [0, 0.1) is 0 Å². The van der Waals surface area contributed by atoms with Gasteiger partial charge in [-0.3, -0.25) is 0 Å². The van der Waals surface area contributed by atoms with Crippen molar-refractivity contribution in [1.82, 2.24) is 0 Å². The van der Waals surface area contributed by atoms with Gasteiger partial charge in [0.05, 0.1) is 23.0 Å². The molecule has 0 N–H and O–H groups in total. The highest BCUT2D eigenvalue weighted by atomic mass is 32.2. The lowest BCUT2D eigenvalue weighted by atomic mass is 10.3. The van der Waals surface area contributed by atoms with Gasteiger partial charge in [0.1, 0.15) is 19.0 Å². The standard InChI is InChI=1S/C11H18O6S2/c1-3-5-18(12,13)7-10-11(17-9-16-10)8-19(14,15)6-4-2/h3-4,10-11H,1-2,5-9H2. The summed E-state index contributed by atoms with van der Waals surface area (Å²) < 4.78 is 56.9. The third kappa shape index (κ3) is 5.43. The first-order valence-corrected chi connectivity index (χ1v) is 9.30.